The number of fused-ring (bicyclic) bond motifs is 1. The van der Waals surface area contributed by atoms with Crippen LogP contribution in [0.3, 0.4) is 0 Å². The zero-order valence-electron chi connectivity index (χ0n) is 12.5. The van der Waals surface area contributed by atoms with E-state index < -0.39 is 0 Å². The molecule has 0 aliphatic rings. The van der Waals surface area contributed by atoms with Crippen molar-refractivity contribution < 1.29 is 4.74 Å². The fraction of sp³-hybridized carbons (Fsp3) is 0.0625. The molecule has 2 aromatic heterocycles. The first-order valence-electron chi connectivity index (χ1n) is 7.15. The molecule has 0 fully saturated rings. The van der Waals surface area contributed by atoms with Gasteiger partial charge in [-0.05, 0) is 42.5 Å². The third-order valence-corrected chi connectivity index (χ3v) is 5.03. The van der Waals surface area contributed by atoms with Crippen molar-refractivity contribution in [1.29, 1.82) is 0 Å². The molecule has 4 aromatic rings. The van der Waals surface area contributed by atoms with Gasteiger partial charge in [0.05, 0.1) is 5.02 Å². The Morgan fingerprint density at radius 3 is 2.48 bits per heavy atom. The first-order chi connectivity index (χ1) is 12.1. The van der Waals surface area contributed by atoms with Gasteiger partial charge in [0.1, 0.15) is 12.4 Å². The highest BCUT2D eigenvalue weighted by molar-refractivity contribution is 7.16. The van der Waals surface area contributed by atoms with Crippen molar-refractivity contribution in [3.05, 3.63) is 62.5 Å². The molecule has 5 nitrogen and oxygen atoms in total. The molecule has 0 amide bonds. The van der Waals surface area contributed by atoms with Crippen LogP contribution in [0.1, 0.15) is 5.01 Å². The Labute approximate surface area is 161 Å². The number of ether oxygens (including phenoxy) is 1. The Bertz CT molecular complexity index is 1050. The van der Waals surface area contributed by atoms with Crippen molar-refractivity contribution in [2.24, 2.45) is 0 Å². The quantitative estimate of drug-likeness (QED) is 0.451. The van der Waals surface area contributed by atoms with Gasteiger partial charge in [-0.3, -0.25) is 0 Å². The molecule has 0 saturated heterocycles. The van der Waals surface area contributed by atoms with Crippen LogP contribution in [0.25, 0.3) is 16.3 Å². The summed E-state index contributed by atoms with van der Waals surface area (Å²) >= 11 is 19.3. The summed E-state index contributed by atoms with van der Waals surface area (Å²) in [6, 6.07) is 12.4. The zero-order valence-corrected chi connectivity index (χ0v) is 15.6. The molecule has 2 heterocycles. The Morgan fingerprint density at radius 2 is 1.72 bits per heavy atom. The first kappa shape index (κ1) is 16.6. The van der Waals surface area contributed by atoms with Gasteiger partial charge in [-0.2, -0.15) is 9.61 Å². The third-order valence-electron chi connectivity index (χ3n) is 3.38. The summed E-state index contributed by atoms with van der Waals surface area (Å²) in [5, 5.41) is 15.3. The van der Waals surface area contributed by atoms with E-state index in [1.165, 1.54) is 11.3 Å². The van der Waals surface area contributed by atoms with Gasteiger partial charge in [-0.1, -0.05) is 46.1 Å². The smallest absolute Gasteiger partial charge is 0.235 e. The lowest BCUT2D eigenvalue weighted by atomic mass is 10.2. The van der Waals surface area contributed by atoms with Crippen LogP contribution in [-0.2, 0) is 6.61 Å². The van der Waals surface area contributed by atoms with Gasteiger partial charge >= 0.3 is 0 Å². The van der Waals surface area contributed by atoms with Crippen LogP contribution in [0.5, 0.6) is 5.75 Å². The lowest BCUT2D eigenvalue weighted by molar-refractivity contribution is 0.304. The average molecular weight is 412 g/mol. The number of hydrogen-bond acceptors (Lipinski definition) is 5. The normalized spacial score (nSPS) is 11.2. The van der Waals surface area contributed by atoms with Crippen LogP contribution in [0, 0.1) is 0 Å². The lowest BCUT2D eigenvalue weighted by Gasteiger charge is -2.05. The fourth-order valence-electron chi connectivity index (χ4n) is 2.23. The third kappa shape index (κ3) is 3.43. The van der Waals surface area contributed by atoms with Gasteiger partial charge < -0.3 is 4.74 Å². The van der Waals surface area contributed by atoms with Crippen molar-refractivity contribution in [3.8, 4) is 17.1 Å². The summed E-state index contributed by atoms with van der Waals surface area (Å²) in [6.45, 7) is 0.273. The molecule has 0 unspecified atom stereocenters. The number of aromatic nitrogens is 4. The highest BCUT2D eigenvalue weighted by Gasteiger charge is 2.14. The number of hydrogen-bond donors (Lipinski definition) is 0. The molecule has 0 bridgehead atoms. The van der Waals surface area contributed by atoms with E-state index in [0.29, 0.717) is 31.6 Å². The van der Waals surface area contributed by atoms with Gasteiger partial charge in [0.15, 0.2) is 10.8 Å². The van der Waals surface area contributed by atoms with E-state index >= 15 is 0 Å². The van der Waals surface area contributed by atoms with E-state index in [-0.39, 0.29) is 6.61 Å². The van der Waals surface area contributed by atoms with Crippen LogP contribution in [0.4, 0.5) is 0 Å². The number of rotatable bonds is 4. The maximum Gasteiger partial charge on any atom is 0.235 e. The summed E-state index contributed by atoms with van der Waals surface area (Å²) in [5.74, 6) is 1.20. The van der Waals surface area contributed by atoms with Crippen LogP contribution in [0.15, 0.2) is 42.5 Å². The average Bonchev–Trinajstić information content (AvgIpc) is 3.15. The van der Waals surface area contributed by atoms with Crippen molar-refractivity contribution in [2.45, 2.75) is 6.61 Å². The van der Waals surface area contributed by atoms with Gasteiger partial charge in [0.25, 0.3) is 0 Å². The van der Waals surface area contributed by atoms with Crippen molar-refractivity contribution in [2.75, 3.05) is 0 Å². The Hall–Kier alpha value is -1.86. The summed E-state index contributed by atoms with van der Waals surface area (Å²) in [6.07, 6.45) is 0. The highest BCUT2D eigenvalue weighted by atomic mass is 35.5. The summed E-state index contributed by atoms with van der Waals surface area (Å²) in [7, 11) is 0. The van der Waals surface area contributed by atoms with E-state index in [0.717, 1.165) is 10.6 Å². The summed E-state index contributed by atoms with van der Waals surface area (Å²) in [4.78, 5) is 0.686. The SMILES string of the molecule is Clc1ccc(-c2nnc3sc(COc4ccc(Cl)cc4Cl)nn23)cc1. The van der Waals surface area contributed by atoms with Crippen LogP contribution >= 0.6 is 46.1 Å². The van der Waals surface area contributed by atoms with Crippen molar-refractivity contribution >= 4 is 51.1 Å². The second kappa shape index (κ2) is 6.80. The molecular formula is C16H9Cl3N4OS. The first-order valence-corrected chi connectivity index (χ1v) is 9.10. The highest BCUT2D eigenvalue weighted by Crippen LogP contribution is 2.29. The van der Waals surface area contributed by atoms with Crippen LogP contribution in [0.2, 0.25) is 15.1 Å². The molecule has 0 saturated carbocycles. The van der Waals surface area contributed by atoms with E-state index in [1.54, 1.807) is 34.8 Å². The standard InChI is InChI=1S/C16H9Cl3N4OS/c17-10-3-1-9(2-4-10)15-20-21-16-23(15)22-14(25-16)8-24-13-6-5-11(18)7-12(13)19/h1-7H,8H2. The van der Waals surface area contributed by atoms with E-state index in [9.17, 15) is 0 Å². The molecule has 0 N–H and O–H groups in total. The second-order valence-electron chi connectivity index (χ2n) is 5.08. The molecule has 0 aliphatic heterocycles. The molecule has 0 radical (unpaired) electrons. The van der Waals surface area contributed by atoms with E-state index in [2.05, 4.69) is 15.3 Å². The summed E-state index contributed by atoms with van der Waals surface area (Å²) < 4.78 is 7.41. The van der Waals surface area contributed by atoms with Gasteiger partial charge in [0, 0.05) is 15.6 Å². The Kier molecular flexibility index (Phi) is 4.52. The Morgan fingerprint density at radius 1 is 0.960 bits per heavy atom. The number of halogens is 3. The van der Waals surface area contributed by atoms with Crippen LogP contribution < -0.4 is 4.74 Å². The van der Waals surface area contributed by atoms with Crippen molar-refractivity contribution in [3.63, 3.8) is 0 Å². The lowest BCUT2D eigenvalue weighted by Crippen LogP contribution is -1.98. The minimum absolute atomic E-state index is 0.273. The van der Waals surface area contributed by atoms with Gasteiger partial charge in [-0.15, -0.1) is 10.2 Å². The molecule has 2 aromatic carbocycles. The Balaban J connectivity index is 1.58. The predicted molar refractivity (Wildman–Crippen MR) is 99.9 cm³/mol. The molecule has 9 heteroatoms. The molecule has 0 atom stereocenters. The number of benzene rings is 2. The maximum atomic E-state index is 6.11. The minimum atomic E-state index is 0.273. The molecule has 0 spiro atoms. The monoisotopic (exact) mass is 410 g/mol. The molecule has 0 aliphatic carbocycles. The molecule has 126 valence electrons. The van der Waals surface area contributed by atoms with Gasteiger partial charge in [-0.25, -0.2) is 0 Å². The number of nitrogens with zero attached hydrogens (tertiary/aromatic N) is 4. The second-order valence-corrected chi connectivity index (χ2v) is 7.40. The van der Waals surface area contributed by atoms with Crippen molar-refractivity contribution in [1.82, 2.24) is 19.8 Å². The molecule has 4 rings (SSSR count). The van der Waals surface area contributed by atoms with E-state index in [1.807, 2.05) is 12.1 Å². The van der Waals surface area contributed by atoms with E-state index in [4.69, 9.17) is 39.5 Å². The molecular weight excluding hydrogens is 403 g/mol. The zero-order chi connectivity index (χ0) is 17.4. The topological polar surface area (TPSA) is 52.3 Å². The van der Waals surface area contributed by atoms with Crippen LogP contribution in [-0.4, -0.2) is 19.8 Å². The predicted octanol–water partition coefficient (Wildman–Crippen LogP) is 5.39. The van der Waals surface area contributed by atoms with Gasteiger partial charge in [0.2, 0.25) is 4.96 Å². The molecule has 25 heavy (non-hydrogen) atoms. The fourth-order valence-corrected chi connectivity index (χ4v) is 3.56. The minimum Gasteiger partial charge on any atom is -0.485 e. The largest absolute Gasteiger partial charge is 0.485 e. The maximum absolute atomic E-state index is 6.11. The summed E-state index contributed by atoms with van der Waals surface area (Å²) in [5.41, 5.74) is 0.885.